The van der Waals surface area contributed by atoms with Crippen molar-refractivity contribution in [2.75, 3.05) is 0 Å². The average Bonchev–Trinajstić information content (AvgIpc) is 2.38. The van der Waals surface area contributed by atoms with Crippen LogP contribution in [0.1, 0.15) is 37.7 Å². The fourth-order valence-corrected chi connectivity index (χ4v) is 2.47. The van der Waals surface area contributed by atoms with Crippen molar-refractivity contribution < 1.29 is 10.2 Å². The van der Waals surface area contributed by atoms with Gasteiger partial charge in [-0.05, 0) is 25.7 Å². The van der Waals surface area contributed by atoms with E-state index in [0.717, 1.165) is 12.1 Å². The van der Waals surface area contributed by atoms with E-state index in [1.54, 1.807) is 18.2 Å². The molecular weight excluding hydrogens is 216 g/mol. The van der Waals surface area contributed by atoms with Gasteiger partial charge in [0.2, 0.25) is 0 Å². The van der Waals surface area contributed by atoms with Gasteiger partial charge >= 0.3 is 0 Å². The maximum Gasteiger partial charge on any atom is 0.269 e. The van der Waals surface area contributed by atoms with Crippen molar-refractivity contribution in [3.63, 3.8) is 0 Å². The number of nitrogens with zero attached hydrogens (tertiary/aromatic N) is 1. The number of hydrogen-bond acceptors (Lipinski definition) is 2. The van der Waals surface area contributed by atoms with E-state index in [2.05, 4.69) is 5.32 Å². The molecule has 92 valence electrons. The lowest BCUT2D eigenvalue weighted by molar-refractivity contribution is -0.706. The Morgan fingerprint density at radius 3 is 2.76 bits per heavy atom. The van der Waals surface area contributed by atoms with Crippen molar-refractivity contribution in [1.82, 2.24) is 0 Å². The Morgan fingerprint density at radius 2 is 2.06 bits per heavy atom. The maximum atomic E-state index is 10.7. The molecule has 0 aliphatic heterocycles. The van der Waals surface area contributed by atoms with Crippen molar-refractivity contribution in [2.45, 2.75) is 44.7 Å². The molecule has 1 aliphatic carbocycles. The van der Waals surface area contributed by atoms with E-state index in [4.69, 9.17) is 0 Å². The van der Waals surface area contributed by atoms with Gasteiger partial charge in [-0.15, -0.1) is 0 Å². The summed E-state index contributed by atoms with van der Waals surface area (Å²) >= 11 is 0. The largest absolute Gasteiger partial charge is 0.340 e. The van der Waals surface area contributed by atoms with Gasteiger partial charge in [0.25, 0.3) is 5.69 Å². The number of rotatable bonds is 4. The lowest BCUT2D eigenvalue weighted by atomic mass is 9.95. The molecule has 0 saturated heterocycles. The molecule has 1 aromatic carbocycles. The van der Waals surface area contributed by atoms with Crippen LogP contribution in [0, 0.1) is 10.1 Å². The smallest absolute Gasteiger partial charge is 0.269 e. The summed E-state index contributed by atoms with van der Waals surface area (Å²) in [5, 5.41) is 13.0. The zero-order chi connectivity index (χ0) is 12.1. The molecule has 0 amide bonds. The molecule has 2 rings (SSSR count). The molecule has 1 saturated carbocycles. The van der Waals surface area contributed by atoms with Gasteiger partial charge in [-0.1, -0.05) is 18.6 Å². The number of hydrogen-bond donors (Lipinski definition) is 1. The second-order valence-corrected chi connectivity index (χ2v) is 4.76. The Hall–Kier alpha value is -1.42. The number of nitro groups is 1. The highest BCUT2D eigenvalue weighted by atomic mass is 16.6. The molecular formula is C13H19N2O2+. The molecule has 0 unspecified atom stereocenters. The predicted octanol–water partition coefficient (Wildman–Crippen LogP) is 1.99. The third-order valence-electron chi connectivity index (χ3n) is 3.46. The summed E-state index contributed by atoms with van der Waals surface area (Å²) in [7, 11) is 0. The fourth-order valence-electron chi connectivity index (χ4n) is 2.47. The van der Waals surface area contributed by atoms with Crippen LogP contribution in [0.25, 0.3) is 0 Å². The maximum absolute atomic E-state index is 10.7. The second-order valence-electron chi connectivity index (χ2n) is 4.76. The van der Waals surface area contributed by atoms with E-state index in [1.165, 1.54) is 32.1 Å². The van der Waals surface area contributed by atoms with Gasteiger partial charge in [-0.2, -0.15) is 0 Å². The van der Waals surface area contributed by atoms with E-state index in [0.29, 0.717) is 6.04 Å². The highest BCUT2D eigenvalue weighted by Crippen LogP contribution is 2.15. The van der Waals surface area contributed by atoms with Crippen molar-refractivity contribution in [1.29, 1.82) is 0 Å². The van der Waals surface area contributed by atoms with Crippen LogP contribution in [-0.2, 0) is 6.54 Å². The van der Waals surface area contributed by atoms with Crippen molar-refractivity contribution in [3.8, 4) is 0 Å². The van der Waals surface area contributed by atoms with Gasteiger partial charge < -0.3 is 5.32 Å². The highest BCUT2D eigenvalue weighted by molar-refractivity contribution is 5.33. The van der Waals surface area contributed by atoms with E-state index >= 15 is 0 Å². The van der Waals surface area contributed by atoms with Crippen molar-refractivity contribution in [2.24, 2.45) is 0 Å². The Kier molecular flexibility index (Phi) is 4.09. The lowest BCUT2D eigenvalue weighted by Crippen LogP contribution is -2.88. The molecule has 1 aliphatic rings. The third-order valence-corrected chi connectivity index (χ3v) is 3.46. The Labute approximate surface area is 101 Å². The zero-order valence-electron chi connectivity index (χ0n) is 9.97. The molecule has 17 heavy (non-hydrogen) atoms. The summed E-state index contributed by atoms with van der Waals surface area (Å²) in [4.78, 5) is 10.3. The normalized spacial score (nSPS) is 16.9. The lowest BCUT2D eigenvalue weighted by Gasteiger charge is -2.19. The quantitative estimate of drug-likeness (QED) is 0.641. The molecule has 1 aromatic rings. The van der Waals surface area contributed by atoms with E-state index in [9.17, 15) is 10.1 Å². The monoisotopic (exact) mass is 235 g/mol. The average molecular weight is 235 g/mol. The second kappa shape index (κ2) is 5.77. The molecule has 2 N–H and O–H groups in total. The molecule has 0 atom stereocenters. The van der Waals surface area contributed by atoms with E-state index in [-0.39, 0.29) is 10.6 Å². The summed E-state index contributed by atoms with van der Waals surface area (Å²) in [6.07, 6.45) is 6.59. The Balaban J connectivity index is 1.89. The summed E-state index contributed by atoms with van der Waals surface area (Å²) in [5.74, 6) is 0. The third kappa shape index (κ3) is 3.53. The van der Waals surface area contributed by atoms with Crippen molar-refractivity contribution in [3.05, 3.63) is 39.9 Å². The number of nitrogens with two attached hydrogens (primary N) is 1. The van der Waals surface area contributed by atoms with Gasteiger partial charge in [0.15, 0.2) is 0 Å². The van der Waals surface area contributed by atoms with Crippen molar-refractivity contribution >= 4 is 5.69 Å². The first-order valence-electron chi connectivity index (χ1n) is 6.32. The van der Waals surface area contributed by atoms with Crippen LogP contribution < -0.4 is 5.32 Å². The van der Waals surface area contributed by atoms with Crippen LogP contribution in [0.2, 0.25) is 0 Å². The number of non-ortho nitro benzene ring substituents is 1. The standard InChI is InChI=1S/C13H18N2O2/c16-15(17)13-8-4-5-11(9-13)10-14-12-6-2-1-3-7-12/h4-5,8-9,12,14H,1-3,6-7,10H2/p+1. The topological polar surface area (TPSA) is 59.8 Å². The summed E-state index contributed by atoms with van der Waals surface area (Å²) in [5.41, 5.74) is 1.24. The first kappa shape index (κ1) is 12.0. The zero-order valence-corrected chi connectivity index (χ0v) is 9.97. The minimum Gasteiger partial charge on any atom is -0.340 e. The predicted molar refractivity (Wildman–Crippen MR) is 65.6 cm³/mol. The molecule has 4 heteroatoms. The molecule has 0 spiro atoms. The summed E-state index contributed by atoms with van der Waals surface area (Å²) < 4.78 is 0. The van der Waals surface area contributed by atoms with Crippen LogP contribution in [0.3, 0.4) is 0 Å². The van der Waals surface area contributed by atoms with Gasteiger partial charge in [-0.25, -0.2) is 0 Å². The molecule has 0 heterocycles. The number of quaternary nitrogens is 1. The molecule has 0 radical (unpaired) electrons. The Morgan fingerprint density at radius 1 is 1.29 bits per heavy atom. The highest BCUT2D eigenvalue weighted by Gasteiger charge is 2.16. The SMILES string of the molecule is O=[N+]([O-])c1cccc(C[NH2+]C2CCCCC2)c1. The minimum atomic E-state index is -0.329. The number of nitro benzene ring substituents is 1. The minimum absolute atomic E-state index is 0.194. The van der Waals surface area contributed by atoms with Gasteiger partial charge in [0, 0.05) is 17.7 Å². The van der Waals surface area contributed by atoms with Crippen LogP contribution in [-0.4, -0.2) is 11.0 Å². The van der Waals surface area contributed by atoms with Gasteiger partial charge in [0.1, 0.15) is 6.54 Å². The summed E-state index contributed by atoms with van der Waals surface area (Å²) in [6.45, 7) is 0.854. The van der Waals surface area contributed by atoms with Crippen LogP contribution in [0.15, 0.2) is 24.3 Å². The summed E-state index contributed by atoms with van der Waals surface area (Å²) in [6, 6.07) is 7.67. The molecule has 0 bridgehead atoms. The molecule has 4 nitrogen and oxygen atoms in total. The Bertz CT molecular complexity index is 387. The van der Waals surface area contributed by atoms with Crippen LogP contribution in [0.5, 0.6) is 0 Å². The van der Waals surface area contributed by atoms with Crippen LogP contribution in [0.4, 0.5) is 5.69 Å². The van der Waals surface area contributed by atoms with E-state index in [1.807, 2.05) is 6.07 Å². The number of benzene rings is 1. The van der Waals surface area contributed by atoms with Gasteiger partial charge in [-0.3, -0.25) is 10.1 Å². The first-order chi connectivity index (χ1) is 8.25. The molecule has 0 aromatic heterocycles. The molecule has 1 fully saturated rings. The van der Waals surface area contributed by atoms with E-state index < -0.39 is 0 Å². The first-order valence-corrected chi connectivity index (χ1v) is 6.32. The van der Waals surface area contributed by atoms with Gasteiger partial charge in [0.05, 0.1) is 11.0 Å². The fraction of sp³-hybridized carbons (Fsp3) is 0.538. The van der Waals surface area contributed by atoms with Crippen LogP contribution >= 0.6 is 0 Å².